The van der Waals surface area contributed by atoms with Gasteiger partial charge in [0.15, 0.2) is 0 Å². The summed E-state index contributed by atoms with van der Waals surface area (Å²) in [5.41, 5.74) is 7.57. The monoisotopic (exact) mass is 343 g/mol. The molecule has 0 saturated carbocycles. The van der Waals surface area contributed by atoms with Crippen LogP contribution in [0.15, 0.2) is 46.9 Å². The van der Waals surface area contributed by atoms with E-state index >= 15 is 0 Å². The first-order chi connectivity index (χ1) is 10.2. The maximum absolute atomic E-state index is 5.95. The van der Waals surface area contributed by atoms with Crippen molar-refractivity contribution in [2.45, 2.75) is 13.5 Å². The summed E-state index contributed by atoms with van der Waals surface area (Å²) in [4.78, 5) is 0. The lowest BCUT2D eigenvalue weighted by Gasteiger charge is -2.11. The first kappa shape index (κ1) is 14.0. The van der Waals surface area contributed by atoms with Crippen LogP contribution in [0.3, 0.4) is 0 Å². The molecule has 0 aliphatic heterocycles. The zero-order valence-electron chi connectivity index (χ0n) is 11.5. The number of nitrogens with two attached hydrogens (primary N) is 1. The summed E-state index contributed by atoms with van der Waals surface area (Å²) in [6.07, 6.45) is 0. The van der Waals surface area contributed by atoms with Crippen LogP contribution in [0, 0.1) is 6.92 Å². The van der Waals surface area contributed by atoms with Gasteiger partial charge in [0.05, 0.1) is 5.69 Å². The van der Waals surface area contributed by atoms with Crippen LogP contribution in [-0.4, -0.2) is 10.2 Å². The SMILES string of the molecule is Cc1nnc(Oc2ccc(Br)cc2CN)c2ccccc12. The van der Waals surface area contributed by atoms with Gasteiger partial charge in [0.1, 0.15) is 5.75 Å². The Kier molecular flexibility index (Phi) is 3.86. The molecule has 0 bridgehead atoms. The smallest absolute Gasteiger partial charge is 0.246 e. The predicted octanol–water partition coefficient (Wildman–Crippen LogP) is 3.95. The second kappa shape index (κ2) is 5.79. The maximum atomic E-state index is 5.95. The van der Waals surface area contributed by atoms with E-state index in [1.54, 1.807) is 0 Å². The molecule has 0 radical (unpaired) electrons. The molecule has 2 N–H and O–H groups in total. The standard InChI is InChI=1S/C16H14BrN3O/c1-10-13-4-2-3-5-14(13)16(20-19-10)21-15-7-6-12(17)8-11(15)9-18/h2-8H,9,18H2,1H3. The molecule has 0 saturated heterocycles. The van der Waals surface area contributed by atoms with Gasteiger partial charge in [-0.2, -0.15) is 5.10 Å². The van der Waals surface area contributed by atoms with E-state index in [1.807, 2.05) is 49.4 Å². The lowest BCUT2D eigenvalue weighted by atomic mass is 10.1. The Morgan fingerprint density at radius 3 is 2.62 bits per heavy atom. The minimum atomic E-state index is 0.395. The molecule has 5 heteroatoms. The molecule has 0 aliphatic rings. The molecule has 106 valence electrons. The van der Waals surface area contributed by atoms with Crippen LogP contribution in [-0.2, 0) is 6.54 Å². The maximum Gasteiger partial charge on any atom is 0.246 e. The Morgan fingerprint density at radius 1 is 1.10 bits per heavy atom. The van der Waals surface area contributed by atoms with Crippen LogP contribution < -0.4 is 10.5 Å². The molecule has 2 aromatic carbocycles. The topological polar surface area (TPSA) is 61.0 Å². The Labute approximate surface area is 131 Å². The molecule has 0 amide bonds. The predicted molar refractivity (Wildman–Crippen MR) is 86.4 cm³/mol. The summed E-state index contributed by atoms with van der Waals surface area (Å²) in [5.74, 6) is 1.19. The van der Waals surface area contributed by atoms with Crippen LogP contribution in [0.4, 0.5) is 0 Å². The van der Waals surface area contributed by atoms with Crippen LogP contribution >= 0.6 is 15.9 Å². The molecule has 3 rings (SSSR count). The van der Waals surface area contributed by atoms with E-state index in [1.165, 1.54) is 0 Å². The Hall–Kier alpha value is -1.98. The van der Waals surface area contributed by atoms with Crippen molar-refractivity contribution in [3.05, 3.63) is 58.2 Å². The molecule has 1 aromatic heterocycles. The van der Waals surface area contributed by atoms with Gasteiger partial charge in [0.2, 0.25) is 5.88 Å². The zero-order chi connectivity index (χ0) is 14.8. The van der Waals surface area contributed by atoms with E-state index in [2.05, 4.69) is 26.1 Å². The lowest BCUT2D eigenvalue weighted by molar-refractivity contribution is 0.455. The zero-order valence-corrected chi connectivity index (χ0v) is 13.1. The van der Waals surface area contributed by atoms with Crippen LogP contribution in [0.5, 0.6) is 11.6 Å². The number of rotatable bonds is 3. The third-order valence-electron chi connectivity index (χ3n) is 3.29. The van der Waals surface area contributed by atoms with E-state index in [9.17, 15) is 0 Å². The number of halogens is 1. The molecule has 1 heterocycles. The second-order valence-corrected chi connectivity index (χ2v) is 5.61. The van der Waals surface area contributed by atoms with Crippen LogP contribution in [0.1, 0.15) is 11.3 Å². The molecule has 3 aromatic rings. The van der Waals surface area contributed by atoms with Crippen LogP contribution in [0.25, 0.3) is 10.8 Å². The first-order valence-corrected chi connectivity index (χ1v) is 7.36. The Balaban J connectivity index is 2.09. The van der Waals surface area contributed by atoms with Gasteiger partial charge in [-0.25, -0.2) is 0 Å². The summed E-state index contributed by atoms with van der Waals surface area (Å²) in [7, 11) is 0. The van der Waals surface area contributed by atoms with Gasteiger partial charge >= 0.3 is 0 Å². The number of benzene rings is 2. The molecule has 21 heavy (non-hydrogen) atoms. The van der Waals surface area contributed by atoms with E-state index in [-0.39, 0.29) is 0 Å². The molecule has 4 nitrogen and oxygen atoms in total. The quantitative estimate of drug-likeness (QED) is 0.781. The van der Waals surface area contributed by atoms with Gasteiger partial charge in [0.25, 0.3) is 0 Å². The van der Waals surface area contributed by atoms with Crippen molar-refractivity contribution < 1.29 is 4.74 Å². The van der Waals surface area contributed by atoms with Crippen molar-refractivity contribution in [3.8, 4) is 11.6 Å². The molecule has 0 fully saturated rings. The van der Waals surface area contributed by atoms with E-state index in [0.29, 0.717) is 18.2 Å². The number of fused-ring (bicyclic) bond motifs is 1. The number of hydrogen-bond acceptors (Lipinski definition) is 4. The van der Waals surface area contributed by atoms with Gasteiger partial charge in [-0.05, 0) is 31.2 Å². The molecular formula is C16H14BrN3O. The average Bonchev–Trinajstić information content (AvgIpc) is 2.52. The minimum Gasteiger partial charge on any atom is -0.437 e. The summed E-state index contributed by atoms with van der Waals surface area (Å²) < 4.78 is 6.92. The fraction of sp³-hybridized carbons (Fsp3) is 0.125. The summed E-state index contributed by atoms with van der Waals surface area (Å²) in [6, 6.07) is 13.7. The number of nitrogens with zero attached hydrogens (tertiary/aromatic N) is 2. The van der Waals surface area contributed by atoms with E-state index < -0.39 is 0 Å². The van der Waals surface area contributed by atoms with Gasteiger partial charge in [-0.3, -0.25) is 0 Å². The van der Waals surface area contributed by atoms with Gasteiger partial charge in [0, 0.05) is 27.4 Å². The molecule has 0 spiro atoms. The largest absolute Gasteiger partial charge is 0.437 e. The number of hydrogen-bond donors (Lipinski definition) is 1. The highest BCUT2D eigenvalue weighted by atomic mass is 79.9. The molecular weight excluding hydrogens is 330 g/mol. The summed E-state index contributed by atoms with van der Waals surface area (Å²) in [6.45, 7) is 2.33. The molecule has 0 atom stereocenters. The normalized spacial score (nSPS) is 10.8. The fourth-order valence-corrected chi connectivity index (χ4v) is 2.61. The highest BCUT2D eigenvalue weighted by molar-refractivity contribution is 9.10. The van der Waals surface area contributed by atoms with Crippen molar-refractivity contribution in [3.63, 3.8) is 0 Å². The summed E-state index contributed by atoms with van der Waals surface area (Å²) >= 11 is 3.43. The first-order valence-electron chi connectivity index (χ1n) is 6.57. The third kappa shape index (κ3) is 2.75. The van der Waals surface area contributed by atoms with Crippen molar-refractivity contribution in [1.82, 2.24) is 10.2 Å². The van der Waals surface area contributed by atoms with Crippen molar-refractivity contribution in [2.24, 2.45) is 5.73 Å². The number of ether oxygens (including phenoxy) is 1. The molecule has 0 unspecified atom stereocenters. The fourth-order valence-electron chi connectivity index (χ4n) is 2.20. The third-order valence-corrected chi connectivity index (χ3v) is 3.78. The van der Waals surface area contributed by atoms with E-state index in [4.69, 9.17) is 10.5 Å². The number of aromatic nitrogens is 2. The van der Waals surface area contributed by atoms with Crippen molar-refractivity contribution in [2.75, 3.05) is 0 Å². The second-order valence-electron chi connectivity index (χ2n) is 4.69. The number of aryl methyl sites for hydroxylation is 1. The molecule has 0 aliphatic carbocycles. The highest BCUT2D eigenvalue weighted by Crippen LogP contribution is 2.31. The van der Waals surface area contributed by atoms with Gasteiger partial charge in [-0.1, -0.05) is 34.1 Å². The van der Waals surface area contributed by atoms with E-state index in [0.717, 1.165) is 26.5 Å². The average molecular weight is 344 g/mol. The van der Waals surface area contributed by atoms with Gasteiger partial charge < -0.3 is 10.5 Å². The van der Waals surface area contributed by atoms with Crippen LogP contribution in [0.2, 0.25) is 0 Å². The summed E-state index contributed by atoms with van der Waals surface area (Å²) in [5, 5.41) is 10.3. The Morgan fingerprint density at radius 2 is 1.86 bits per heavy atom. The Bertz CT molecular complexity index is 805. The highest BCUT2D eigenvalue weighted by Gasteiger charge is 2.10. The van der Waals surface area contributed by atoms with Gasteiger partial charge in [-0.15, -0.1) is 5.10 Å². The van der Waals surface area contributed by atoms with Crippen molar-refractivity contribution in [1.29, 1.82) is 0 Å². The lowest BCUT2D eigenvalue weighted by Crippen LogP contribution is -2.01. The van der Waals surface area contributed by atoms with Crippen molar-refractivity contribution >= 4 is 26.7 Å². The minimum absolute atomic E-state index is 0.395.